The molecule has 0 aliphatic carbocycles. The van der Waals surface area contributed by atoms with Crippen molar-refractivity contribution in [3.63, 3.8) is 0 Å². The summed E-state index contributed by atoms with van der Waals surface area (Å²) in [4.78, 5) is 1.44. The van der Waals surface area contributed by atoms with Crippen LogP contribution >= 0.6 is 27.3 Å². The Morgan fingerprint density at radius 3 is 2.90 bits per heavy atom. The number of nitrogens with zero attached hydrogens (tertiary/aromatic N) is 1. The second kappa shape index (κ2) is 5.39. The molecule has 112 valence electrons. The molecule has 0 spiro atoms. The lowest BCUT2D eigenvalue weighted by molar-refractivity contribution is 0.329. The maximum absolute atomic E-state index is 12.9. The van der Waals surface area contributed by atoms with Crippen molar-refractivity contribution >= 4 is 43.0 Å². The van der Waals surface area contributed by atoms with Crippen molar-refractivity contribution in [1.29, 1.82) is 0 Å². The normalized spacial score (nSPS) is 19.4. The maximum Gasteiger partial charge on any atom is 0.245 e. The van der Waals surface area contributed by atoms with Crippen molar-refractivity contribution in [2.24, 2.45) is 0 Å². The van der Waals surface area contributed by atoms with Crippen molar-refractivity contribution in [1.82, 2.24) is 4.31 Å². The second-order valence-electron chi connectivity index (χ2n) is 5.02. The monoisotopic (exact) mass is 386 g/mol. The van der Waals surface area contributed by atoms with Crippen LogP contribution in [-0.4, -0.2) is 19.3 Å². The van der Waals surface area contributed by atoms with Crippen molar-refractivity contribution in [3.05, 3.63) is 44.6 Å². The van der Waals surface area contributed by atoms with E-state index in [1.807, 2.05) is 18.4 Å². The smallest absolute Gasteiger partial charge is 0.245 e. The topological polar surface area (TPSA) is 63.4 Å². The van der Waals surface area contributed by atoms with E-state index in [9.17, 15) is 8.42 Å². The van der Waals surface area contributed by atoms with Gasteiger partial charge in [0.15, 0.2) is 0 Å². The summed E-state index contributed by atoms with van der Waals surface area (Å²) in [5.74, 6) is 0. The number of benzene rings is 1. The molecule has 0 bridgehead atoms. The number of halogens is 1. The van der Waals surface area contributed by atoms with Gasteiger partial charge < -0.3 is 5.73 Å². The lowest BCUT2D eigenvalue weighted by atomic mass is 10.0. The van der Waals surface area contributed by atoms with Gasteiger partial charge in [0.1, 0.15) is 4.90 Å². The molecule has 7 heteroatoms. The highest BCUT2D eigenvalue weighted by Gasteiger charge is 2.35. The Labute approximate surface area is 136 Å². The summed E-state index contributed by atoms with van der Waals surface area (Å²) < 4.78 is 28.1. The van der Waals surface area contributed by atoms with Crippen molar-refractivity contribution in [2.75, 3.05) is 12.3 Å². The highest BCUT2D eigenvalue weighted by molar-refractivity contribution is 9.10. The quantitative estimate of drug-likeness (QED) is 0.804. The van der Waals surface area contributed by atoms with Crippen LogP contribution in [0.15, 0.2) is 39.0 Å². The van der Waals surface area contributed by atoms with Crippen LogP contribution in [0.2, 0.25) is 0 Å². The van der Waals surface area contributed by atoms with Gasteiger partial charge in [-0.2, -0.15) is 4.31 Å². The molecule has 1 atom stereocenters. The van der Waals surface area contributed by atoms with Gasteiger partial charge in [0.25, 0.3) is 0 Å². The summed E-state index contributed by atoms with van der Waals surface area (Å²) in [6.45, 7) is 2.42. The standard InChI is InChI=1S/C14H15BrN2O2S2/c1-9-11-5-7-20-13(11)4-6-17(9)21(18,19)14-8-10(15)2-3-12(14)16/h2-3,5,7-9H,4,6,16H2,1H3. The third-order valence-corrected chi connectivity index (χ3v) is 7.30. The highest BCUT2D eigenvalue weighted by atomic mass is 79.9. The molecule has 1 aliphatic heterocycles. The molecule has 3 rings (SSSR count). The molecule has 1 aromatic heterocycles. The highest BCUT2D eigenvalue weighted by Crippen LogP contribution is 2.37. The van der Waals surface area contributed by atoms with Crippen LogP contribution in [0.25, 0.3) is 0 Å². The Kier molecular flexibility index (Phi) is 3.85. The number of hydrogen-bond donors (Lipinski definition) is 1. The number of nitrogens with two attached hydrogens (primary N) is 1. The van der Waals surface area contributed by atoms with E-state index in [1.54, 1.807) is 33.8 Å². The molecule has 2 N–H and O–H groups in total. The van der Waals surface area contributed by atoms with Gasteiger partial charge in [0, 0.05) is 21.9 Å². The number of sulfonamides is 1. The maximum atomic E-state index is 12.9. The van der Waals surface area contributed by atoms with Crippen LogP contribution in [0, 0.1) is 0 Å². The van der Waals surface area contributed by atoms with E-state index in [0.29, 0.717) is 11.0 Å². The lowest BCUT2D eigenvalue weighted by Gasteiger charge is -2.32. The average molecular weight is 387 g/mol. The molecule has 2 heterocycles. The Bertz CT molecular complexity index is 786. The molecule has 2 aromatic rings. The third kappa shape index (κ3) is 2.52. The Hall–Kier alpha value is -0.890. The second-order valence-corrected chi connectivity index (χ2v) is 8.80. The first-order valence-corrected chi connectivity index (χ1v) is 9.65. The van der Waals surface area contributed by atoms with Gasteiger partial charge in [-0.3, -0.25) is 0 Å². The van der Waals surface area contributed by atoms with E-state index in [4.69, 9.17) is 5.73 Å². The van der Waals surface area contributed by atoms with Crippen molar-refractivity contribution in [3.8, 4) is 0 Å². The zero-order chi connectivity index (χ0) is 15.2. The minimum atomic E-state index is -3.60. The predicted molar refractivity (Wildman–Crippen MR) is 88.9 cm³/mol. The molecule has 0 radical (unpaired) electrons. The molecule has 0 fully saturated rings. The van der Waals surface area contributed by atoms with Crippen LogP contribution in [0.1, 0.15) is 23.4 Å². The van der Waals surface area contributed by atoms with Gasteiger partial charge >= 0.3 is 0 Å². The molecule has 4 nitrogen and oxygen atoms in total. The molecule has 1 aromatic carbocycles. The van der Waals surface area contributed by atoms with E-state index in [0.717, 1.165) is 12.0 Å². The van der Waals surface area contributed by atoms with Crippen LogP contribution in [-0.2, 0) is 16.4 Å². The lowest BCUT2D eigenvalue weighted by Crippen LogP contribution is -2.38. The minimum absolute atomic E-state index is 0.164. The summed E-state index contributed by atoms with van der Waals surface area (Å²) in [5.41, 5.74) is 7.26. The van der Waals surface area contributed by atoms with E-state index in [1.165, 1.54) is 4.88 Å². The first-order valence-electron chi connectivity index (χ1n) is 6.54. The Balaban J connectivity index is 2.05. The summed E-state index contributed by atoms with van der Waals surface area (Å²) in [6.07, 6.45) is 0.754. The molecule has 21 heavy (non-hydrogen) atoms. The van der Waals surface area contributed by atoms with Crippen LogP contribution < -0.4 is 5.73 Å². The van der Waals surface area contributed by atoms with Crippen molar-refractivity contribution in [2.45, 2.75) is 24.3 Å². The molecule has 1 aliphatic rings. The molecule has 0 amide bonds. The zero-order valence-electron chi connectivity index (χ0n) is 11.4. The molecule has 0 saturated carbocycles. The minimum Gasteiger partial charge on any atom is -0.398 e. The van der Waals surface area contributed by atoms with Crippen LogP contribution in [0.3, 0.4) is 0 Å². The van der Waals surface area contributed by atoms with Crippen LogP contribution in [0.5, 0.6) is 0 Å². The Morgan fingerprint density at radius 1 is 1.38 bits per heavy atom. The molecule has 0 saturated heterocycles. The van der Waals surface area contributed by atoms with Crippen molar-refractivity contribution < 1.29 is 8.42 Å². The fourth-order valence-electron chi connectivity index (χ4n) is 2.67. The third-order valence-electron chi connectivity index (χ3n) is 3.78. The van der Waals surface area contributed by atoms with Gasteiger partial charge in [-0.25, -0.2) is 8.42 Å². The number of thiophene rings is 1. The number of nitrogen functional groups attached to an aromatic ring is 1. The van der Waals surface area contributed by atoms with Gasteiger partial charge in [0.2, 0.25) is 10.0 Å². The van der Waals surface area contributed by atoms with E-state index < -0.39 is 10.0 Å². The molecule has 1 unspecified atom stereocenters. The number of rotatable bonds is 2. The van der Waals surface area contributed by atoms with Gasteiger partial charge in [-0.1, -0.05) is 15.9 Å². The van der Waals surface area contributed by atoms with E-state index in [2.05, 4.69) is 15.9 Å². The van der Waals surface area contributed by atoms with E-state index >= 15 is 0 Å². The predicted octanol–water partition coefficient (Wildman–Crippen LogP) is 3.40. The van der Waals surface area contributed by atoms with E-state index in [-0.39, 0.29) is 16.6 Å². The largest absolute Gasteiger partial charge is 0.398 e. The fourth-order valence-corrected chi connectivity index (χ4v) is 5.90. The number of anilines is 1. The summed E-state index contributed by atoms with van der Waals surface area (Å²) >= 11 is 5.00. The van der Waals surface area contributed by atoms with Crippen LogP contribution in [0.4, 0.5) is 5.69 Å². The fraction of sp³-hybridized carbons (Fsp3) is 0.286. The summed E-state index contributed by atoms with van der Waals surface area (Å²) in [6, 6.07) is 6.77. The van der Waals surface area contributed by atoms with Gasteiger partial charge in [-0.15, -0.1) is 11.3 Å². The molecular weight excluding hydrogens is 372 g/mol. The first kappa shape index (κ1) is 15.0. The Morgan fingerprint density at radius 2 is 2.14 bits per heavy atom. The summed E-state index contributed by atoms with van der Waals surface area (Å²) in [5, 5.41) is 2.02. The summed E-state index contributed by atoms with van der Waals surface area (Å²) in [7, 11) is -3.60. The van der Waals surface area contributed by atoms with Gasteiger partial charge in [-0.05, 0) is 48.6 Å². The SMILES string of the molecule is CC1c2ccsc2CCN1S(=O)(=O)c1cc(Br)ccc1N. The zero-order valence-corrected chi connectivity index (χ0v) is 14.6. The average Bonchev–Trinajstić information content (AvgIpc) is 2.91. The number of fused-ring (bicyclic) bond motifs is 1. The molecular formula is C14H15BrN2O2S2. The number of hydrogen-bond acceptors (Lipinski definition) is 4. The first-order chi connectivity index (χ1) is 9.91. The van der Waals surface area contributed by atoms with Gasteiger partial charge in [0.05, 0.1) is 5.69 Å².